The molecule has 0 bridgehead atoms. The first-order valence-corrected chi connectivity index (χ1v) is 13.5. The predicted molar refractivity (Wildman–Crippen MR) is 158 cm³/mol. The highest BCUT2D eigenvalue weighted by Gasteiger charge is 2.19. The predicted octanol–water partition coefficient (Wildman–Crippen LogP) is 7.44. The number of nitrogens with zero attached hydrogens (tertiary/aromatic N) is 1. The van der Waals surface area contributed by atoms with E-state index < -0.39 is 17.6 Å². The molecule has 208 valence electrons. The summed E-state index contributed by atoms with van der Waals surface area (Å²) < 4.78 is 15.6. The Morgan fingerprint density at radius 1 is 0.850 bits per heavy atom. The first-order valence-electron chi connectivity index (χ1n) is 12.7. The number of rotatable bonds is 8. The zero-order valence-electron chi connectivity index (χ0n) is 22.4. The van der Waals surface area contributed by atoms with Crippen molar-refractivity contribution in [3.63, 3.8) is 0 Å². The molecule has 40 heavy (non-hydrogen) atoms. The smallest absolute Gasteiger partial charge is 0.272 e. The zero-order chi connectivity index (χ0) is 29.1. The number of carbonyl (C=O) groups is 3. The fraction of sp³-hybridized carbons (Fsp3) is 0.233. The van der Waals surface area contributed by atoms with Gasteiger partial charge in [-0.3, -0.25) is 14.4 Å². The van der Waals surface area contributed by atoms with Crippen molar-refractivity contribution in [2.75, 3.05) is 10.6 Å². The van der Waals surface area contributed by atoms with Gasteiger partial charge in [0.05, 0.1) is 10.6 Å². The van der Waals surface area contributed by atoms with E-state index in [-0.39, 0.29) is 45.7 Å². The molecule has 1 heterocycles. The molecule has 0 saturated heterocycles. The van der Waals surface area contributed by atoms with E-state index in [1.54, 1.807) is 50.2 Å². The lowest BCUT2D eigenvalue weighted by Crippen LogP contribution is -2.27. The molecule has 0 spiro atoms. The van der Waals surface area contributed by atoms with Crippen molar-refractivity contribution in [2.45, 2.75) is 40.3 Å². The number of amides is 3. The van der Waals surface area contributed by atoms with Crippen molar-refractivity contribution < 1.29 is 18.8 Å². The van der Waals surface area contributed by atoms with E-state index in [1.165, 1.54) is 12.1 Å². The Labute approximate surface area is 241 Å². The van der Waals surface area contributed by atoms with Gasteiger partial charge in [0, 0.05) is 45.8 Å². The summed E-state index contributed by atoms with van der Waals surface area (Å²) in [6.07, 6.45) is 0. The average Bonchev–Trinajstić information content (AvgIpc) is 3.26. The average molecular weight is 583 g/mol. The standard InChI is InChI=1S/C30H29Cl2FN4O3/c1-16(2)28(38)34-15-18-5-7-25(32)24(9-18)29(39)35-22-6-8-26-19(10-22)11-27(37(26)17(3)4)30(40)36-23-13-20(31)12-21(33)14-23/h5-14,16-17H,15H2,1-4H3,(H,34,38)(H,35,39)(H,36,40). The molecule has 0 aliphatic heterocycles. The molecule has 3 N–H and O–H groups in total. The van der Waals surface area contributed by atoms with Crippen molar-refractivity contribution in [2.24, 2.45) is 5.92 Å². The minimum atomic E-state index is -0.557. The van der Waals surface area contributed by atoms with Gasteiger partial charge < -0.3 is 20.5 Å². The molecule has 0 aliphatic carbocycles. The van der Waals surface area contributed by atoms with E-state index in [1.807, 2.05) is 24.5 Å². The van der Waals surface area contributed by atoms with Crippen LogP contribution in [0.15, 0.2) is 60.7 Å². The number of benzene rings is 3. The third kappa shape index (κ3) is 6.63. The monoisotopic (exact) mass is 582 g/mol. The summed E-state index contributed by atoms with van der Waals surface area (Å²) in [6.45, 7) is 7.78. The van der Waals surface area contributed by atoms with Gasteiger partial charge in [0.1, 0.15) is 11.5 Å². The molecule has 3 aromatic carbocycles. The van der Waals surface area contributed by atoms with Crippen molar-refractivity contribution >= 4 is 63.2 Å². The van der Waals surface area contributed by atoms with E-state index in [0.717, 1.165) is 22.5 Å². The molecule has 0 saturated carbocycles. The van der Waals surface area contributed by atoms with Crippen LogP contribution < -0.4 is 16.0 Å². The normalized spacial score (nSPS) is 11.2. The Kier molecular flexibility index (Phi) is 8.81. The molecule has 1 aromatic heterocycles. The van der Waals surface area contributed by atoms with Crippen molar-refractivity contribution in [3.8, 4) is 0 Å². The molecular weight excluding hydrogens is 554 g/mol. The van der Waals surface area contributed by atoms with Gasteiger partial charge in [-0.25, -0.2) is 4.39 Å². The summed E-state index contributed by atoms with van der Waals surface area (Å²) in [5.41, 5.74) is 2.92. The van der Waals surface area contributed by atoms with E-state index in [2.05, 4.69) is 16.0 Å². The highest BCUT2D eigenvalue weighted by molar-refractivity contribution is 6.34. The van der Waals surface area contributed by atoms with E-state index in [4.69, 9.17) is 23.2 Å². The van der Waals surface area contributed by atoms with Crippen LogP contribution in [0.25, 0.3) is 10.9 Å². The first-order chi connectivity index (χ1) is 18.9. The van der Waals surface area contributed by atoms with Crippen LogP contribution in [-0.4, -0.2) is 22.3 Å². The van der Waals surface area contributed by atoms with Crippen LogP contribution in [0.2, 0.25) is 10.0 Å². The van der Waals surface area contributed by atoms with Crippen molar-refractivity contribution in [1.29, 1.82) is 0 Å². The topological polar surface area (TPSA) is 92.2 Å². The van der Waals surface area contributed by atoms with E-state index in [9.17, 15) is 18.8 Å². The maximum atomic E-state index is 13.8. The number of hydrogen-bond donors (Lipinski definition) is 3. The second-order valence-electron chi connectivity index (χ2n) is 10.0. The quantitative estimate of drug-likeness (QED) is 0.201. The lowest BCUT2D eigenvalue weighted by Gasteiger charge is -2.15. The maximum Gasteiger partial charge on any atom is 0.272 e. The van der Waals surface area contributed by atoms with Gasteiger partial charge in [0.15, 0.2) is 0 Å². The van der Waals surface area contributed by atoms with Gasteiger partial charge >= 0.3 is 0 Å². The molecule has 0 aliphatic rings. The number of carbonyl (C=O) groups excluding carboxylic acids is 3. The fourth-order valence-corrected chi connectivity index (χ4v) is 4.74. The van der Waals surface area contributed by atoms with Crippen LogP contribution in [0.1, 0.15) is 60.1 Å². The number of anilines is 2. The molecule has 0 atom stereocenters. The molecule has 0 unspecified atom stereocenters. The molecular formula is C30H29Cl2FN4O3. The minimum absolute atomic E-state index is 0.0625. The summed E-state index contributed by atoms with van der Waals surface area (Å²) in [5, 5.41) is 9.57. The third-order valence-corrected chi connectivity index (χ3v) is 6.78. The second-order valence-corrected chi connectivity index (χ2v) is 10.9. The molecule has 7 nitrogen and oxygen atoms in total. The second kappa shape index (κ2) is 12.1. The molecule has 3 amide bonds. The van der Waals surface area contributed by atoms with Gasteiger partial charge in [0.25, 0.3) is 11.8 Å². The summed E-state index contributed by atoms with van der Waals surface area (Å²) in [4.78, 5) is 38.2. The Bertz CT molecular complexity index is 1590. The van der Waals surface area contributed by atoms with Crippen LogP contribution in [-0.2, 0) is 11.3 Å². The fourth-order valence-electron chi connectivity index (χ4n) is 4.31. The largest absolute Gasteiger partial charge is 0.352 e. The first kappa shape index (κ1) is 29.1. The maximum absolute atomic E-state index is 13.8. The Morgan fingerprint density at radius 2 is 1.57 bits per heavy atom. The van der Waals surface area contributed by atoms with Crippen LogP contribution >= 0.6 is 23.2 Å². The molecule has 4 rings (SSSR count). The lowest BCUT2D eigenvalue weighted by molar-refractivity contribution is -0.124. The third-order valence-electron chi connectivity index (χ3n) is 6.23. The Morgan fingerprint density at radius 3 is 2.25 bits per heavy atom. The van der Waals surface area contributed by atoms with Gasteiger partial charge in [-0.1, -0.05) is 43.1 Å². The van der Waals surface area contributed by atoms with Crippen molar-refractivity contribution in [3.05, 3.63) is 93.3 Å². The molecule has 0 radical (unpaired) electrons. The van der Waals surface area contributed by atoms with Gasteiger partial charge in [-0.05, 0) is 74.0 Å². The lowest BCUT2D eigenvalue weighted by atomic mass is 10.1. The zero-order valence-corrected chi connectivity index (χ0v) is 24.0. The summed E-state index contributed by atoms with van der Waals surface area (Å²) >= 11 is 12.2. The van der Waals surface area contributed by atoms with Crippen molar-refractivity contribution in [1.82, 2.24) is 9.88 Å². The molecule has 10 heteroatoms. The summed E-state index contributed by atoms with van der Waals surface area (Å²) in [7, 11) is 0. The molecule has 0 fully saturated rings. The number of hydrogen-bond acceptors (Lipinski definition) is 3. The van der Waals surface area contributed by atoms with Crippen LogP contribution in [0.5, 0.6) is 0 Å². The van der Waals surface area contributed by atoms with E-state index in [0.29, 0.717) is 11.4 Å². The van der Waals surface area contributed by atoms with Gasteiger partial charge in [0.2, 0.25) is 5.91 Å². The summed E-state index contributed by atoms with van der Waals surface area (Å²) in [6, 6.07) is 15.8. The number of halogens is 3. The van der Waals surface area contributed by atoms with E-state index >= 15 is 0 Å². The Balaban J connectivity index is 1.58. The number of fused-ring (bicyclic) bond motifs is 1. The number of aromatic nitrogens is 1. The highest BCUT2D eigenvalue weighted by Crippen LogP contribution is 2.29. The number of nitrogens with one attached hydrogen (secondary N) is 3. The van der Waals surface area contributed by atoms with Crippen LogP contribution in [0.3, 0.4) is 0 Å². The summed E-state index contributed by atoms with van der Waals surface area (Å²) in [5.74, 6) is -1.63. The SMILES string of the molecule is CC(C)C(=O)NCc1ccc(Cl)c(C(=O)Nc2ccc3c(c2)cc(C(=O)Nc2cc(F)cc(Cl)c2)n3C(C)C)c1. The van der Waals surface area contributed by atoms with Gasteiger partial charge in [-0.2, -0.15) is 0 Å². The van der Waals surface area contributed by atoms with Gasteiger partial charge in [-0.15, -0.1) is 0 Å². The van der Waals surface area contributed by atoms with Crippen LogP contribution in [0, 0.1) is 11.7 Å². The minimum Gasteiger partial charge on any atom is -0.352 e. The Hall–Kier alpha value is -3.88. The van der Waals surface area contributed by atoms with Crippen LogP contribution in [0.4, 0.5) is 15.8 Å². The highest BCUT2D eigenvalue weighted by atomic mass is 35.5. The molecule has 4 aromatic rings.